The van der Waals surface area contributed by atoms with Crippen molar-refractivity contribution < 1.29 is 0 Å². The second kappa shape index (κ2) is 6.51. The van der Waals surface area contributed by atoms with E-state index >= 15 is 0 Å². The van der Waals surface area contributed by atoms with Crippen molar-refractivity contribution in [2.24, 2.45) is 5.73 Å². The van der Waals surface area contributed by atoms with Crippen molar-refractivity contribution in [2.75, 3.05) is 0 Å². The van der Waals surface area contributed by atoms with Crippen molar-refractivity contribution >= 4 is 27.5 Å². The van der Waals surface area contributed by atoms with Crippen LogP contribution in [-0.4, -0.2) is 6.04 Å². The van der Waals surface area contributed by atoms with Crippen LogP contribution < -0.4 is 5.73 Å². The molecular formula is C12H17BrClN. The van der Waals surface area contributed by atoms with E-state index < -0.39 is 0 Å². The summed E-state index contributed by atoms with van der Waals surface area (Å²) in [7, 11) is 0. The molecule has 0 saturated heterocycles. The van der Waals surface area contributed by atoms with Crippen molar-refractivity contribution in [2.45, 2.75) is 38.6 Å². The molecule has 3 heteroatoms. The number of hydrogen-bond acceptors (Lipinski definition) is 1. The number of hydrogen-bond donors (Lipinski definition) is 1. The van der Waals surface area contributed by atoms with Gasteiger partial charge in [-0.2, -0.15) is 0 Å². The van der Waals surface area contributed by atoms with E-state index in [-0.39, 0.29) is 0 Å². The third kappa shape index (κ3) is 4.54. The van der Waals surface area contributed by atoms with E-state index in [1.165, 1.54) is 5.56 Å². The standard InChI is InChI=1S/C12H17BrClN/c1-2-11(15)5-3-4-9-6-7-10(13)8-12(9)14/h6-8,11H,2-5,15H2,1H3. The lowest BCUT2D eigenvalue weighted by Gasteiger charge is -2.09. The number of nitrogens with two attached hydrogens (primary N) is 1. The molecule has 1 nitrogen and oxygen atoms in total. The lowest BCUT2D eigenvalue weighted by Crippen LogP contribution is -2.18. The molecule has 0 aliphatic carbocycles. The first-order valence-corrected chi connectivity index (χ1v) is 6.50. The third-order valence-electron chi connectivity index (χ3n) is 2.56. The first-order valence-electron chi connectivity index (χ1n) is 5.33. The second-order valence-electron chi connectivity index (χ2n) is 3.80. The summed E-state index contributed by atoms with van der Waals surface area (Å²) in [6, 6.07) is 6.38. The molecule has 0 radical (unpaired) electrons. The van der Waals surface area contributed by atoms with Gasteiger partial charge >= 0.3 is 0 Å². The maximum absolute atomic E-state index is 6.12. The number of aryl methyl sites for hydroxylation is 1. The maximum Gasteiger partial charge on any atom is 0.0449 e. The zero-order valence-electron chi connectivity index (χ0n) is 8.97. The molecule has 1 unspecified atom stereocenters. The van der Waals surface area contributed by atoms with Gasteiger partial charge in [-0.15, -0.1) is 0 Å². The van der Waals surface area contributed by atoms with Gasteiger partial charge in [0.2, 0.25) is 0 Å². The summed E-state index contributed by atoms with van der Waals surface area (Å²) in [6.07, 6.45) is 4.24. The summed E-state index contributed by atoms with van der Waals surface area (Å²) in [5.74, 6) is 0. The molecule has 0 bridgehead atoms. The molecule has 0 aliphatic rings. The van der Waals surface area contributed by atoms with Crippen LogP contribution in [0.15, 0.2) is 22.7 Å². The van der Waals surface area contributed by atoms with Crippen LogP contribution in [0.1, 0.15) is 31.7 Å². The Hall–Kier alpha value is -0.0500. The summed E-state index contributed by atoms with van der Waals surface area (Å²) < 4.78 is 1.03. The Morgan fingerprint density at radius 2 is 2.20 bits per heavy atom. The quantitative estimate of drug-likeness (QED) is 0.865. The predicted octanol–water partition coefficient (Wildman–Crippen LogP) is 4.16. The fraction of sp³-hybridized carbons (Fsp3) is 0.500. The molecule has 0 amide bonds. The van der Waals surface area contributed by atoms with E-state index in [4.69, 9.17) is 17.3 Å². The van der Waals surface area contributed by atoms with Crippen LogP contribution in [0.2, 0.25) is 5.02 Å². The van der Waals surface area contributed by atoms with Crippen LogP contribution in [-0.2, 0) is 6.42 Å². The van der Waals surface area contributed by atoms with Crippen LogP contribution in [0.25, 0.3) is 0 Å². The van der Waals surface area contributed by atoms with E-state index in [9.17, 15) is 0 Å². The molecule has 0 saturated carbocycles. The molecule has 1 rings (SSSR count). The second-order valence-corrected chi connectivity index (χ2v) is 5.12. The summed E-state index contributed by atoms with van der Waals surface area (Å²) in [5.41, 5.74) is 7.07. The first-order chi connectivity index (χ1) is 7.13. The third-order valence-corrected chi connectivity index (χ3v) is 3.41. The number of benzene rings is 1. The van der Waals surface area contributed by atoms with Crippen LogP contribution in [0.5, 0.6) is 0 Å². The molecular weight excluding hydrogens is 273 g/mol. The Kier molecular flexibility index (Phi) is 5.65. The lowest BCUT2D eigenvalue weighted by molar-refractivity contribution is 0.568. The number of halogens is 2. The van der Waals surface area contributed by atoms with E-state index in [1.807, 2.05) is 12.1 Å². The minimum Gasteiger partial charge on any atom is -0.328 e. The Morgan fingerprint density at radius 3 is 2.80 bits per heavy atom. The van der Waals surface area contributed by atoms with Crippen molar-refractivity contribution in [3.63, 3.8) is 0 Å². The molecule has 2 N–H and O–H groups in total. The first kappa shape index (κ1) is 13.0. The molecule has 0 fully saturated rings. The molecule has 1 atom stereocenters. The number of rotatable bonds is 5. The van der Waals surface area contributed by atoms with E-state index in [2.05, 4.69) is 28.9 Å². The fourth-order valence-electron chi connectivity index (χ4n) is 1.48. The monoisotopic (exact) mass is 289 g/mol. The van der Waals surface area contributed by atoms with Crippen LogP contribution in [0.3, 0.4) is 0 Å². The van der Waals surface area contributed by atoms with Crippen molar-refractivity contribution in [3.8, 4) is 0 Å². The Balaban J connectivity index is 2.44. The van der Waals surface area contributed by atoms with Gasteiger partial charge in [-0.05, 0) is 43.4 Å². The van der Waals surface area contributed by atoms with Gasteiger partial charge in [0.05, 0.1) is 0 Å². The smallest absolute Gasteiger partial charge is 0.0449 e. The summed E-state index contributed by atoms with van der Waals surface area (Å²) >= 11 is 9.51. The molecule has 1 aromatic rings. The van der Waals surface area contributed by atoms with Crippen molar-refractivity contribution in [3.05, 3.63) is 33.3 Å². The predicted molar refractivity (Wildman–Crippen MR) is 70.4 cm³/mol. The average molecular weight is 291 g/mol. The average Bonchev–Trinajstić information content (AvgIpc) is 2.21. The van der Waals surface area contributed by atoms with E-state index in [1.54, 1.807) is 0 Å². The molecule has 84 valence electrons. The summed E-state index contributed by atoms with van der Waals surface area (Å²) in [4.78, 5) is 0. The Labute approximate surface area is 105 Å². The van der Waals surface area contributed by atoms with Gasteiger partial charge in [-0.3, -0.25) is 0 Å². The van der Waals surface area contributed by atoms with Crippen molar-refractivity contribution in [1.29, 1.82) is 0 Å². The normalized spacial score (nSPS) is 12.8. The molecule has 0 aliphatic heterocycles. The molecule has 15 heavy (non-hydrogen) atoms. The molecule has 0 aromatic heterocycles. The zero-order chi connectivity index (χ0) is 11.3. The highest BCUT2D eigenvalue weighted by Crippen LogP contribution is 2.22. The van der Waals surface area contributed by atoms with Crippen LogP contribution in [0, 0.1) is 0 Å². The summed E-state index contributed by atoms with van der Waals surface area (Å²) in [6.45, 7) is 2.12. The van der Waals surface area contributed by atoms with Gasteiger partial charge in [-0.25, -0.2) is 0 Å². The van der Waals surface area contributed by atoms with Gasteiger partial charge < -0.3 is 5.73 Å². The SMILES string of the molecule is CCC(N)CCCc1ccc(Br)cc1Cl. The molecule has 0 spiro atoms. The highest BCUT2D eigenvalue weighted by Gasteiger charge is 2.03. The maximum atomic E-state index is 6.12. The molecule has 1 aromatic carbocycles. The van der Waals surface area contributed by atoms with Gasteiger partial charge in [0.25, 0.3) is 0 Å². The van der Waals surface area contributed by atoms with E-state index in [0.717, 1.165) is 35.2 Å². The van der Waals surface area contributed by atoms with Gasteiger partial charge in [0.1, 0.15) is 0 Å². The highest BCUT2D eigenvalue weighted by atomic mass is 79.9. The highest BCUT2D eigenvalue weighted by molar-refractivity contribution is 9.10. The lowest BCUT2D eigenvalue weighted by atomic mass is 10.0. The van der Waals surface area contributed by atoms with Crippen molar-refractivity contribution in [1.82, 2.24) is 0 Å². The molecule has 0 heterocycles. The van der Waals surface area contributed by atoms with Gasteiger partial charge in [0.15, 0.2) is 0 Å². The Morgan fingerprint density at radius 1 is 1.47 bits per heavy atom. The fourth-order valence-corrected chi connectivity index (χ4v) is 2.25. The van der Waals surface area contributed by atoms with Crippen LogP contribution in [0.4, 0.5) is 0 Å². The van der Waals surface area contributed by atoms with Gasteiger partial charge in [-0.1, -0.05) is 40.5 Å². The Bertz CT molecular complexity index is 314. The van der Waals surface area contributed by atoms with Gasteiger partial charge in [0, 0.05) is 15.5 Å². The van der Waals surface area contributed by atoms with E-state index in [0.29, 0.717) is 6.04 Å². The zero-order valence-corrected chi connectivity index (χ0v) is 11.3. The van der Waals surface area contributed by atoms with Crippen LogP contribution >= 0.6 is 27.5 Å². The summed E-state index contributed by atoms with van der Waals surface area (Å²) in [5, 5.41) is 0.842. The minimum absolute atomic E-state index is 0.333. The minimum atomic E-state index is 0.333. The largest absolute Gasteiger partial charge is 0.328 e. The topological polar surface area (TPSA) is 26.0 Å².